The van der Waals surface area contributed by atoms with Gasteiger partial charge in [0.2, 0.25) is 5.91 Å². The highest BCUT2D eigenvalue weighted by Gasteiger charge is 2.43. The molecule has 0 spiro atoms. The van der Waals surface area contributed by atoms with Gasteiger partial charge in [-0.2, -0.15) is 0 Å². The lowest BCUT2D eigenvalue weighted by molar-refractivity contribution is -0.132. The molecular formula is C31H41N3O3. The summed E-state index contributed by atoms with van der Waals surface area (Å²) in [5.74, 6) is 0.630. The van der Waals surface area contributed by atoms with Crippen molar-refractivity contribution in [3.05, 3.63) is 83.1 Å². The molecule has 1 heterocycles. The Labute approximate surface area is 221 Å². The van der Waals surface area contributed by atoms with E-state index in [0.29, 0.717) is 31.2 Å². The van der Waals surface area contributed by atoms with Crippen molar-refractivity contribution in [2.24, 2.45) is 11.8 Å². The van der Waals surface area contributed by atoms with Gasteiger partial charge >= 0.3 is 0 Å². The van der Waals surface area contributed by atoms with Crippen LogP contribution in [0.3, 0.4) is 0 Å². The zero-order valence-corrected chi connectivity index (χ0v) is 22.7. The maximum Gasteiger partial charge on any atom is 0.253 e. The summed E-state index contributed by atoms with van der Waals surface area (Å²) in [5, 5.41) is 3.37. The Morgan fingerprint density at radius 2 is 1.73 bits per heavy atom. The smallest absolute Gasteiger partial charge is 0.253 e. The fraction of sp³-hybridized carbons (Fsp3) is 0.484. The normalized spacial score (nSPS) is 19.8. The summed E-state index contributed by atoms with van der Waals surface area (Å²) in [6, 6.07) is 16.0. The number of benzene rings is 2. The number of amides is 2. The molecule has 1 fully saturated rings. The van der Waals surface area contributed by atoms with Crippen LogP contribution in [0.2, 0.25) is 0 Å². The van der Waals surface area contributed by atoms with Crippen LogP contribution < -0.4 is 5.32 Å². The molecule has 6 heteroatoms. The number of hydrogen-bond donors (Lipinski definition) is 1. The van der Waals surface area contributed by atoms with E-state index in [4.69, 9.17) is 4.74 Å². The van der Waals surface area contributed by atoms with Crippen LogP contribution in [0.4, 0.5) is 0 Å². The van der Waals surface area contributed by atoms with Crippen LogP contribution in [0.1, 0.15) is 53.7 Å². The van der Waals surface area contributed by atoms with Gasteiger partial charge in [0, 0.05) is 38.5 Å². The average molecular weight is 504 g/mol. The van der Waals surface area contributed by atoms with Crippen LogP contribution in [0.25, 0.3) is 0 Å². The molecule has 0 aromatic heterocycles. The molecule has 4 rings (SSSR count). The van der Waals surface area contributed by atoms with Crippen molar-refractivity contribution in [2.45, 2.75) is 58.2 Å². The summed E-state index contributed by atoms with van der Waals surface area (Å²) in [6.45, 7) is 10.5. The summed E-state index contributed by atoms with van der Waals surface area (Å²) in [4.78, 5) is 30.2. The third-order valence-electron chi connectivity index (χ3n) is 8.21. The van der Waals surface area contributed by atoms with E-state index in [2.05, 4.69) is 54.9 Å². The third kappa shape index (κ3) is 5.74. The number of methoxy groups -OCH3 is 1. The lowest BCUT2D eigenvalue weighted by Crippen LogP contribution is -2.62. The SMILES string of the molecule is C=C1C(C2Cc3ccccc3C2)NC(=O)C(C(CC)CC)N1Cc1ccc(C(=O)N(C)CCOC)cc1. The molecule has 1 saturated heterocycles. The third-order valence-corrected chi connectivity index (χ3v) is 8.21. The number of rotatable bonds is 10. The lowest BCUT2D eigenvalue weighted by Gasteiger charge is -2.47. The predicted molar refractivity (Wildman–Crippen MR) is 147 cm³/mol. The Morgan fingerprint density at radius 1 is 1.11 bits per heavy atom. The molecule has 6 nitrogen and oxygen atoms in total. The molecule has 198 valence electrons. The van der Waals surface area contributed by atoms with Gasteiger partial charge in [0.15, 0.2) is 0 Å². The molecule has 2 unspecified atom stereocenters. The molecule has 0 saturated carbocycles. The van der Waals surface area contributed by atoms with E-state index in [1.807, 2.05) is 24.3 Å². The van der Waals surface area contributed by atoms with Crippen LogP contribution in [-0.2, 0) is 28.9 Å². The van der Waals surface area contributed by atoms with E-state index in [1.54, 1.807) is 19.1 Å². The highest BCUT2D eigenvalue weighted by atomic mass is 16.5. The summed E-state index contributed by atoms with van der Waals surface area (Å²) in [6.07, 6.45) is 3.77. The fourth-order valence-electron chi connectivity index (χ4n) is 5.94. The van der Waals surface area contributed by atoms with Crippen molar-refractivity contribution in [3.8, 4) is 0 Å². The first kappa shape index (κ1) is 26.9. The molecule has 2 amide bonds. The van der Waals surface area contributed by atoms with Crippen LogP contribution in [0.5, 0.6) is 0 Å². The Morgan fingerprint density at radius 3 is 2.30 bits per heavy atom. The van der Waals surface area contributed by atoms with Gasteiger partial charge in [-0.15, -0.1) is 0 Å². The van der Waals surface area contributed by atoms with Crippen molar-refractivity contribution in [1.29, 1.82) is 0 Å². The zero-order valence-electron chi connectivity index (χ0n) is 22.7. The van der Waals surface area contributed by atoms with Crippen molar-refractivity contribution < 1.29 is 14.3 Å². The standard InChI is InChI=1S/C31H41N3O3/c1-6-23(7-2)29-30(35)32-28(27-18-25-10-8-9-11-26(25)19-27)21(3)34(29)20-22-12-14-24(15-13-22)31(36)33(4)16-17-37-5/h8-15,23,27-29H,3,6-7,16-20H2,1-2,4-5H3,(H,32,35). The zero-order chi connectivity index (χ0) is 26.5. The largest absolute Gasteiger partial charge is 0.383 e. The number of carbonyl (C=O) groups excluding carboxylic acids is 2. The minimum atomic E-state index is -0.246. The monoisotopic (exact) mass is 503 g/mol. The number of carbonyl (C=O) groups is 2. The number of piperazine rings is 1. The molecule has 1 aliphatic carbocycles. The highest BCUT2D eigenvalue weighted by molar-refractivity contribution is 5.94. The van der Waals surface area contributed by atoms with E-state index in [1.165, 1.54) is 11.1 Å². The van der Waals surface area contributed by atoms with Crippen molar-refractivity contribution >= 4 is 11.8 Å². The van der Waals surface area contributed by atoms with Crippen LogP contribution in [0.15, 0.2) is 60.8 Å². The Balaban J connectivity index is 1.55. The van der Waals surface area contributed by atoms with Crippen LogP contribution in [0, 0.1) is 11.8 Å². The molecular weight excluding hydrogens is 462 g/mol. The van der Waals surface area contributed by atoms with Gasteiger partial charge in [-0.25, -0.2) is 0 Å². The van der Waals surface area contributed by atoms with E-state index in [-0.39, 0.29) is 29.8 Å². The van der Waals surface area contributed by atoms with Crippen molar-refractivity contribution in [1.82, 2.24) is 15.1 Å². The topological polar surface area (TPSA) is 61.9 Å². The molecule has 37 heavy (non-hydrogen) atoms. The van der Waals surface area contributed by atoms with E-state index in [9.17, 15) is 9.59 Å². The number of fused-ring (bicyclic) bond motifs is 1. The minimum Gasteiger partial charge on any atom is -0.383 e. The van der Waals surface area contributed by atoms with E-state index < -0.39 is 0 Å². The average Bonchev–Trinajstić information content (AvgIpc) is 3.35. The number of nitrogens with zero attached hydrogens (tertiary/aromatic N) is 2. The second-order valence-corrected chi connectivity index (χ2v) is 10.5. The summed E-state index contributed by atoms with van der Waals surface area (Å²) >= 11 is 0. The molecule has 2 aliphatic rings. The first-order valence-electron chi connectivity index (χ1n) is 13.5. The maximum atomic E-state index is 13.6. The first-order valence-corrected chi connectivity index (χ1v) is 13.5. The second-order valence-electron chi connectivity index (χ2n) is 10.5. The van der Waals surface area contributed by atoms with Gasteiger partial charge in [-0.05, 0) is 53.5 Å². The number of hydrogen-bond acceptors (Lipinski definition) is 4. The van der Waals surface area contributed by atoms with Gasteiger partial charge < -0.3 is 19.9 Å². The molecule has 2 aromatic carbocycles. The molecule has 0 radical (unpaired) electrons. The quantitative estimate of drug-likeness (QED) is 0.521. The summed E-state index contributed by atoms with van der Waals surface area (Å²) < 4.78 is 5.09. The maximum absolute atomic E-state index is 13.6. The van der Waals surface area contributed by atoms with Gasteiger partial charge in [0.1, 0.15) is 6.04 Å². The summed E-state index contributed by atoms with van der Waals surface area (Å²) in [7, 11) is 3.42. The van der Waals surface area contributed by atoms with Crippen molar-refractivity contribution in [2.75, 3.05) is 27.3 Å². The number of ether oxygens (including phenoxy) is 1. The van der Waals surface area contributed by atoms with Gasteiger partial charge in [0.25, 0.3) is 5.91 Å². The van der Waals surface area contributed by atoms with Crippen LogP contribution >= 0.6 is 0 Å². The number of likely N-dealkylation sites (N-methyl/N-ethyl adjacent to an activating group) is 1. The lowest BCUT2D eigenvalue weighted by atomic mass is 9.85. The molecule has 1 N–H and O–H groups in total. The van der Waals surface area contributed by atoms with Gasteiger partial charge in [0.05, 0.1) is 12.6 Å². The minimum absolute atomic E-state index is 0.0267. The molecule has 2 atom stereocenters. The van der Waals surface area contributed by atoms with E-state index in [0.717, 1.165) is 36.9 Å². The summed E-state index contributed by atoms with van der Waals surface area (Å²) in [5.41, 5.74) is 5.46. The predicted octanol–water partition coefficient (Wildman–Crippen LogP) is 4.44. The Hall–Kier alpha value is -3.12. The number of nitrogens with one attached hydrogen (secondary N) is 1. The molecule has 1 aliphatic heterocycles. The van der Waals surface area contributed by atoms with Crippen LogP contribution in [-0.4, -0.2) is 61.0 Å². The second kappa shape index (κ2) is 12.0. The van der Waals surface area contributed by atoms with Gasteiger partial charge in [-0.3, -0.25) is 9.59 Å². The fourth-order valence-corrected chi connectivity index (χ4v) is 5.94. The van der Waals surface area contributed by atoms with Crippen molar-refractivity contribution in [3.63, 3.8) is 0 Å². The van der Waals surface area contributed by atoms with E-state index >= 15 is 0 Å². The Kier molecular flexibility index (Phi) is 8.70. The first-order chi connectivity index (χ1) is 17.9. The highest BCUT2D eigenvalue weighted by Crippen LogP contribution is 2.36. The molecule has 0 bridgehead atoms. The van der Waals surface area contributed by atoms with Gasteiger partial charge in [-0.1, -0.05) is 69.7 Å². The Bertz CT molecular complexity index is 1080. The molecule has 2 aromatic rings.